The topological polar surface area (TPSA) is 68.5 Å². The molecule has 1 aliphatic heterocycles. The van der Waals surface area contributed by atoms with Crippen LogP contribution in [0.15, 0.2) is 92.2 Å². The summed E-state index contributed by atoms with van der Waals surface area (Å²) in [5, 5.41) is 8.34. The molecule has 0 N–H and O–H groups in total. The van der Waals surface area contributed by atoms with Gasteiger partial charge in [0.25, 0.3) is 11.1 Å². The Morgan fingerprint density at radius 2 is 1.67 bits per heavy atom. The summed E-state index contributed by atoms with van der Waals surface area (Å²) in [7, 11) is 0. The van der Waals surface area contributed by atoms with E-state index < -0.39 is 6.10 Å². The first kappa shape index (κ1) is 21.5. The minimum atomic E-state index is -0.522. The molecule has 33 heavy (non-hydrogen) atoms. The molecule has 6 nitrogen and oxygen atoms in total. The average molecular weight is 480 g/mol. The summed E-state index contributed by atoms with van der Waals surface area (Å²) >= 11 is 2.82. The Morgan fingerprint density at radius 3 is 2.33 bits per heavy atom. The molecule has 4 aromatic rings. The van der Waals surface area contributed by atoms with Gasteiger partial charge >= 0.3 is 0 Å². The molecule has 0 spiro atoms. The summed E-state index contributed by atoms with van der Waals surface area (Å²) in [6, 6.07) is 21.4. The quantitative estimate of drug-likeness (QED) is 0.302. The second-order valence-electron chi connectivity index (χ2n) is 7.18. The number of carbonyl (C=O) groups excluding carboxylic acids is 1. The zero-order chi connectivity index (χ0) is 22.8. The number of fused-ring (bicyclic) bond motifs is 2. The molecule has 3 aromatic carbocycles. The van der Waals surface area contributed by atoms with E-state index in [1.807, 2.05) is 48.5 Å². The monoisotopic (exact) mass is 479 g/mol. The number of aromatic nitrogens is 2. The van der Waals surface area contributed by atoms with Crippen LogP contribution in [-0.2, 0) is 4.79 Å². The molecule has 0 aliphatic carbocycles. The molecule has 2 heterocycles. The highest BCUT2D eigenvalue weighted by molar-refractivity contribution is 8.00. The Kier molecular flexibility index (Phi) is 6.06. The van der Waals surface area contributed by atoms with Crippen molar-refractivity contribution in [2.75, 3.05) is 10.7 Å². The van der Waals surface area contributed by atoms with Crippen molar-refractivity contribution in [3.8, 4) is 5.75 Å². The highest BCUT2D eigenvalue weighted by Crippen LogP contribution is 2.48. The van der Waals surface area contributed by atoms with E-state index in [1.165, 1.54) is 36.0 Å². The molecule has 0 unspecified atom stereocenters. The van der Waals surface area contributed by atoms with Crippen molar-refractivity contribution in [2.45, 2.75) is 28.0 Å². The van der Waals surface area contributed by atoms with Crippen molar-refractivity contribution < 1.29 is 18.3 Å². The lowest BCUT2D eigenvalue weighted by molar-refractivity contribution is -0.115. The molecule has 1 aromatic heterocycles. The zero-order valence-corrected chi connectivity index (χ0v) is 19.1. The third-order valence-electron chi connectivity index (χ3n) is 4.90. The van der Waals surface area contributed by atoms with Gasteiger partial charge in [0.1, 0.15) is 11.6 Å². The summed E-state index contributed by atoms with van der Waals surface area (Å²) in [6.07, 6.45) is -0.522. The van der Waals surface area contributed by atoms with Gasteiger partial charge in [-0.1, -0.05) is 47.8 Å². The number of hydrogen-bond acceptors (Lipinski definition) is 7. The van der Waals surface area contributed by atoms with E-state index in [-0.39, 0.29) is 28.6 Å². The van der Waals surface area contributed by atoms with E-state index in [0.717, 1.165) is 21.2 Å². The number of carbonyl (C=O) groups is 1. The van der Waals surface area contributed by atoms with Crippen LogP contribution in [0.1, 0.15) is 18.9 Å². The maximum atomic E-state index is 13.3. The van der Waals surface area contributed by atoms with Crippen molar-refractivity contribution in [1.82, 2.24) is 10.2 Å². The third kappa shape index (κ3) is 4.60. The molecule has 9 heteroatoms. The number of rotatable bonds is 6. The SMILES string of the molecule is C[C@@H](Oc1ccc(F)cc1)c1nnc(SCC(=O)N2c3ccccc3Sc3ccccc32)o1. The highest BCUT2D eigenvalue weighted by Gasteiger charge is 2.28. The molecule has 1 atom stereocenters. The lowest BCUT2D eigenvalue weighted by Crippen LogP contribution is -2.29. The number of amides is 1. The number of para-hydroxylation sites is 2. The van der Waals surface area contributed by atoms with Crippen molar-refractivity contribution in [2.24, 2.45) is 0 Å². The molecule has 166 valence electrons. The molecule has 1 aliphatic rings. The molecule has 0 fully saturated rings. The van der Waals surface area contributed by atoms with Crippen molar-refractivity contribution >= 4 is 40.8 Å². The molecule has 0 radical (unpaired) electrons. The highest BCUT2D eigenvalue weighted by atomic mass is 32.2. The number of benzene rings is 3. The van der Waals surface area contributed by atoms with Crippen molar-refractivity contribution in [3.05, 3.63) is 84.5 Å². The molecule has 0 bridgehead atoms. The van der Waals surface area contributed by atoms with Crippen LogP contribution in [0.2, 0.25) is 0 Å². The van der Waals surface area contributed by atoms with E-state index in [2.05, 4.69) is 10.2 Å². The standard InChI is InChI=1S/C24H18FN3O3S2/c1-15(30-17-12-10-16(25)11-13-17)23-26-27-24(31-23)32-14-22(29)28-18-6-2-4-8-20(18)33-21-9-5-3-7-19(21)28/h2-13,15H,14H2,1H3/t15-/m1/s1. The molecule has 5 rings (SSSR count). The smallest absolute Gasteiger partial charge is 0.277 e. The fraction of sp³-hybridized carbons (Fsp3) is 0.125. The normalized spacial score (nSPS) is 13.2. The number of anilines is 2. The third-order valence-corrected chi connectivity index (χ3v) is 6.83. The van der Waals surface area contributed by atoms with Gasteiger partial charge in [-0.3, -0.25) is 9.69 Å². The lowest BCUT2D eigenvalue weighted by atomic mass is 10.2. The van der Waals surface area contributed by atoms with Gasteiger partial charge in [0.15, 0.2) is 6.10 Å². The second kappa shape index (κ2) is 9.29. The van der Waals surface area contributed by atoms with Gasteiger partial charge < -0.3 is 9.15 Å². The Bertz CT molecular complexity index is 1250. The van der Waals surface area contributed by atoms with Crippen LogP contribution in [0.5, 0.6) is 5.75 Å². The van der Waals surface area contributed by atoms with Gasteiger partial charge in [-0.25, -0.2) is 4.39 Å². The summed E-state index contributed by atoms with van der Waals surface area (Å²) in [5.74, 6) is 0.470. The van der Waals surface area contributed by atoms with E-state index in [9.17, 15) is 9.18 Å². The fourth-order valence-corrected chi connectivity index (χ4v) is 5.05. The Balaban J connectivity index is 1.28. The van der Waals surface area contributed by atoms with E-state index in [0.29, 0.717) is 5.75 Å². The van der Waals surface area contributed by atoms with Crippen molar-refractivity contribution in [3.63, 3.8) is 0 Å². The van der Waals surface area contributed by atoms with Crippen LogP contribution in [0.4, 0.5) is 15.8 Å². The maximum absolute atomic E-state index is 13.3. The average Bonchev–Trinajstić information content (AvgIpc) is 3.32. The number of ether oxygens (including phenoxy) is 1. The van der Waals surface area contributed by atoms with Gasteiger partial charge in [0, 0.05) is 9.79 Å². The predicted octanol–water partition coefficient (Wildman–Crippen LogP) is 6.27. The Morgan fingerprint density at radius 1 is 1.03 bits per heavy atom. The van der Waals surface area contributed by atoms with Crippen LogP contribution < -0.4 is 9.64 Å². The predicted molar refractivity (Wildman–Crippen MR) is 125 cm³/mol. The Labute approximate surface area is 198 Å². The molecule has 0 saturated carbocycles. The number of halogens is 1. The maximum Gasteiger partial charge on any atom is 0.277 e. The van der Waals surface area contributed by atoms with E-state index in [4.69, 9.17) is 9.15 Å². The van der Waals surface area contributed by atoms with Gasteiger partial charge in [0.05, 0.1) is 17.1 Å². The summed E-state index contributed by atoms with van der Waals surface area (Å²) in [4.78, 5) is 17.1. The van der Waals surface area contributed by atoms with Gasteiger partial charge in [-0.15, -0.1) is 10.2 Å². The first-order valence-electron chi connectivity index (χ1n) is 10.2. The van der Waals surface area contributed by atoms with E-state index >= 15 is 0 Å². The largest absolute Gasteiger partial charge is 0.481 e. The zero-order valence-electron chi connectivity index (χ0n) is 17.5. The van der Waals surface area contributed by atoms with Crippen LogP contribution in [0, 0.1) is 5.82 Å². The number of hydrogen-bond donors (Lipinski definition) is 0. The van der Waals surface area contributed by atoms with Gasteiger partial charge in [0.2, 0.25) is 5.91 Å². The first-order valence-corrected chi connectivity index (χ1v) is 12.0. The van der Waals surface area contributed by atoms with Crippen LogP contribution in [0.3, 0.4) is 0 Å². The fourth-order valence-electron chi connectivity index (χ4n) is 3.37. The number of thioether (sulfide) groups is 1. The summed E-state index contributed by atoms with van der Waals surface area (Å²) in [6.45, 7) is 1.76. The Hall–Kier alpha value is -3.30. The van der Waals surface area contributed by atoms with Crippen LogP contribution >= 0.6 is 23.5 Å². The summed E-state index contributed by atoms with van der Waals surface area (Å²) in [5.41, 5.74) is 1.72. The summed E-state index contributed by atoms with van der Waals surface area (Å²) < 4.78 is 24.5. The van der Waals surface area contributed by atoms with Crippen molar-refractivity contribution in [1.29, 1.82) is 0 Å². The molecular weight excluding hydrogens is 461 g/mol. The second-order valence-corrected chi connectivity index (χ2v) is 9.19. The van der Waals surface area contributed by atoms with Gasteiger partial charge in [-0.2, -0.15) is 0 Å². The minimum absolute atomic E-state index is 0.0874. The molecule has 0 saturated heterocycles. The van der Waals surface area contributed by atoms with Crippen LogP contribution in [-0.4, -0.2) is 21.9 Å². The number of nitrogens with zero attached hydrogens (tertiary/aromatic N) is 3. The molecular formula is C24H18FN3O3S2. The van der Waals surface area contributed by atoms with E-state index in [1.54, 1.807) is 23.6 Å². The van der Waals surface area contributed by atoms with Gasteiger partial charge in [-0.05, 0) is 55.5 Å². The molecule has 1 amide bonds. The lowest BCUT2D eigenvalue weighted by Gasteiger charge is -2.30. The first-order chi connectivity index (χ1) is 16.1. The minimum Gasteiger partial charge on any atom is -0.481 e. The van der Waals surface area contributed by atoms with Crippen LogP contribution in [0.25, 0.3) is 0 Å².